The fraction of sp³-hybridized carbons (Fsp3) is 0.333. The van der Waals surface area contributed by atoms with Gasteiger partial charge in [0.05, 0.1) is 35.9 Å². The standard InChI is InChI=1S/C9H7ClF2N2O/c1-15-7-2-5(4-13)8(9(11)12)6(3-10)14-7/h2,9H,3H2,1H3. The third kappa shape index (κ3) is 2.34. The van der Waals surface area contributed by atoms with Crippen LogP contribution in [0.15, 0.2) is 6.07 Å². The molecule has 1 aromatic heterocycles. The number of rotatable bonds is 3. The summed E-state index contributed by atoms with van der Waals surface area (Å²) in [6.07, 6.45) is -2.77. The van der Waals surface area contributed by atoms with Crippen molar-refractivity contribution in [1.82, 2.24) is 4.98 Å². The maximum atomic E-state index is 12.6. The molecule has 1 aromatic rings. The number of methoxy groups -OCH3 is 1. The summed E-state index contributed by atoms with van der Waals surface area (Å²) in [4.78, 5) is 3.75. The topological polar surface area (TPSA) is 45.9 Å². The Bertz CT molecular complexity index is 404. The Morgan fingerprint density at radius 2 is 2.33 bits per heavy atom. The van der Waals surface area contributed by atoms with Crippen molar-refractivity contribution in [2.24, 2.45) is 0 Å². The molecule has 0 aromatic carbocycles. The fourth-order valence-corrected chi connectivity index (χ4v) is 1.33. The molecule has 0 amide bonds. The zero-order valence-corrected chi connectivity index (χ0v) is 8.55. The number of pyridine rings is 1. The van der Waals surface area contributed by atoms with Crippen molar-refractivity contribution in [3.05, 3.63) is 22.9 Å². The van der Waals surface area contributed by atoms with Crippen molar-refractivity contribution in [3.63, 3.8) is 0 Å². The molecule has 0 unspecified atom stereocenters. The Morgan fingerprint density at radius 1 is 1.67 bits per heavy atom. The van der Waals surface area contributed by atoms with Gasteiger partial charge in [0.15, 0.2) is 0 Å². The van der Waals surface area contributed by atoms with Crippen LogP contribution in [-0.4, -0.2) is 12.1 Å². The second-order valence-corrected chi connectivity index (χ2v) is 2.89. The molecule has 0 aliphatic carbocycles. The maximum Gasteiger partial charge on any atom is 0.266 e. The van der Waals surface area contributed by atoms with Crippen molar-refractivity contribution in [3.8, 4) is 11.9 Å². The Balaban J connectivity index is 3.41. The van der Waals surface area contributed by atoms with Crippen LogP contribution in [0.2, 0.25) is 0 Å². The number of ether oxygens (including phenoxy) is 1. The van der Waals surface area contributed by atoms with E-state index in [0.29, 0.717) is 0 Å². The van der Waals surface area contributed by atoms with Crippen LogP contribution < -0.4 is 4.74 Å². The monoisotopic (exact) mass is 232 g/mol. The van der Waals surface area contributed by atoms with Crippen LogP contribution in [0, 0.1) is 11.3 Å². The molecule has 0 saturated carbocycles. The van der Waals surface area contributed by atoms with Gasteiger partial charge < -0.3 is 4.74 Å². The van der Waals surface area contributed by atoms with Gasteiger partial charge in [0.25, 0.3) is 6.43 Å². The van der Waals surface area contributed by atoms with Gasteiger partial charge in [0.2, 0.25) is 5.88 Å². The summed E-state index contributed by atoms with van der Waals surface area (Å²) in [6, 6.07) is 2.83. The Hall–Kier alpha value is -1.41. The number of halogens is 3. The van der Waals surface area contributed by atoms with E-state index in [-0.39, 0.29) is 23.0 Å². The predicted molar refractivity (Wildman–Crippen MR) is 50.0 cm³/mol. The van der Waals surface area contributed by atoms with Crippen LogP contribution >= 0.6 is 11.6 Å². The summed E-state index contributed by atoms with van der Waals surface area (Å²) in [5.74, 6) is -0.0856. The molecule has 6 heteroatoms. The summed E-state index contributed by atoms with van der Waals surface area (Å²) in [6.45, 7) is 0. The van der Waals surface area contributed by atoms with Crippen LogP contribution in [0.5, 0.6) is 5.88 Å². The molecular weight excluding hydrogens is 226 g/mol. The summed E-state index contributed by atoms with van der Waals surface area (Å²) >= 11 is 5.47. The highest BCUT2D eigenvalue weighted by Gasteiger charge is 2.20. The summed E-state index contributed by atoms with van der Waals surface area (Å²) in [5, 5.41) is 8.70. The first-order chi connectivity index (χ1) is 7.13. The minimum Gasteiger partial charge on any atom is -0.481 e. The van der Waals surface area contributed by atoms with Crippen molar-refractivity contribution < 1.29 is 13.5 Å². The second kappa shape index (κ2) is 4.89. The molecular formula is C9H7ClF2N2O. The summed E-state index contributed by atoms with van der Waals surface area (Å²) in [5.41, 5.74) is -0.608. The van der Waals surface area contributed by atoms with Gasteiger partial charge in [-0.15, -0.1) is 11.6 Å². The van der Waals surface area contributed by atoms with Crippen molar-refractivity contribution >= 4 is 11.6 Å². The average Bonchev–Trinajstić information content (AvgIpc) is 2.26. The highest BCUT2D eigenvalue weighted by molar-refractivity contribution is 6.17. The van der Waals surface area contributed by atoms with E-state index >= 15 is 0 Å². The molecule has 0 saturated heterocycles. The summed E-state index contributed by atoms with van der Waals surface area (Å²) in [7, 11) is 1.34. The molecule has 0 fully saturated rings. The molecule has 0 spiro atoms. The third-order valence-corrected chi connectivity index (χ3v) is 2.04. The van der Waals surface area contributed by atoms with Crippen LogP contribution in [-0.2, 0) is 5.88 Å². The van der Waals surface area contributed by atoms with Gasteiger partial charge >= 0.3 is 0 Å². The van der Waals surface area contributed by atoms with E-state index in [4.69, 9.17) is 21.6 Å². The van der Waals surface area contributed by atoms with E-state index in [2.05, 4.69) is 4.98 Å². The SMILES string of the molecule is COc1cc(C#N)c(C(F)F)c(CCl)n1. The van der Waals surface area contributed by atoms with E-state index in [0.717, 1.165) is 6.07 Å². The van der Waals surface area contributed by atoms with E-state index < -0.39 is 12.0 Å². The Kier molecular flexibility index (Phi) is 3.81. The maximum absolute atomic E-state index is 12.6. The zero-order valence-electron chi connectivity index (χ0n) is 7.80. The van der Waals surface area contributed by atoms with E-state index in [9.17, 15) is 8.78 Å². The van der Waals surface area contributed by atoms with Crippen molar-refractivity contribution in [1.29, 1.82) is 5.26 Å². The minimum absolute atomic E-state index is 0.0254. The molecule has 0 bridgehead atoms. The highest BCUT2D eigenvalue weighted by atomic mass is 35.5. The van der Waals surface area contributed by atoms with Crippen LogP contribution in [0.3, 0.4) is 0 Å². The average molecular weight is 233 g/mol. The lowest BCUT2D eigenvalue weighted by molar-refractivity contribution is 0.149. The molecule has 1 heterocycles. The first kappa shape index (κ1) is 11.7. The smallest absolute Gasteiger partial charge is 0.266 e. The van der Waals surface area contributed by atoms with Crippen LogP contribution in [0.25, 0.3) is 0 Å². The van der Waals surface area contributed by atoms with Gasteiger partial charge in [-0.25, -0.2) is 13.8 Å². The van der Waals surface area contributed by atoms with E-state index in [1.807, 2.05) is 0 Å². The van der Waals surface area contributed by atoms with Gasteiger partial charge in [-0.2, -0.15) is 5.26 Å². The minimum atomic E-state index is -2.77. The molecule has 0 radical (unpaired) electrons. The third-order valence-electron chi connectivity index (χ3n) is 1.79. The number of alkyl halides is 3. The Morgan fingerprint density at radius 3 is 2.73 bits per heavy atom. The number of nitrogens with zero attached hydrogens (tertiary/aromatic N) is 2. The number of nitriles is 1. The number of hydrogen-bond acceptors (Lipinski definition) is 3. The lowest BCUT2D eigenvalue weighted by atomic mass is 10.1. The molecule has 0 atom stereocenters. The first-order valence-corrected chi connectivity index (χ1v) is 4.49. The van der Waals surface area contributed by atoms with Gasteiger partial charge in [-0.3, -0.25) is 0 Å². The van der Waals surface area contributed by atoms with Crippen molar-refractivity contribution in [2.75, 3.05) is 7.11 Å². The lowest BCUT2D eigenvalue weighted by Gasteiger charge is -2.09. The molecule has 15 heavy (non-hydrogen) atoms. The first-order valence-electron chi connectivity index (χ1n) is 3.96. The van der Waals surface area contributed by atoms with Gasteiger partial charge in [-0.05, 0) is 0 Å². The molecule has 0 aliphatic rings. The fourth-order valence-electron chi connectivity index (χ4n) is 1.12. The molecule has 1 rings (SSSR count). The quantitative estimate of drug-likeness (QED) is 0.753. The largest absolute Gasteiger partial charge is 0.481 e. The lowest BCUT2D eigenvalue weighted by Crippen LogP contribution is -2.02. The van der Waals surface area contributed by atoms with Crippen LogP contribution in [0.4, 0.5) is 8.78 Å². The van der Waals surface area contributed by atoms with Crippen LogP contribution in [0.1, 0.15) is 23.2 Å². The normalized spacial score (nSPS) is 10.1. The van der Waals surface area contributed by atoms with Gasteiger partial charge in [0, 0.05) is 6.07 Å². The van der Waals surface area contributed by atoms with Gasteiger partial charge in [0.1, 0.15) is 0 Å². The number of hydrogen-bond donors (Lipinski definition) is 0. The molecule has 80 valence electrons. The highest BCUT2D eigenvalue weighted by Crippen LogP contribution is 2.28. The van der Waals surface area contributed by atoms with Crippen molar-refractivity contribution in [2.45, 2.75) is 12.3 Å². The molecule has 0 N–H and O–H groups in total. The number of aromatic nitrogens is 1. The predicted octanol–water partition coefficient (Wildman–Crippen LogP) is 2.64. The van der Waals surface area contributed by atoms with E-state index in [1.54, 1.807) is 6.07 Å². The summed E-state index contributed by atoms with van der Waals surface area (Å²) < 4.78 is 30.0. The second-order valence-electron chi connectivity index (χ2n) is 2.62. The van der Waals surface area contributed by atoms with Gasteiger partial charge in [-0.1, -0.05) is 0 Å². The van der Waals surface area contributed by atoms with E-state index in [1.165, 1.54) is 7.11 Å². The molecule has 0 aliphatic heterocycles. The zero-order chi connectivity index (χ0) is 11.4. The Labute approximate surface area is 90.3 Å². The molecule has 3 nitrogen and oxygen atoms in total.